The molecular weight excluding hydrogens is 232 g/mol. The molecule has 0 radical (unpaired) electrons. The van der Waals surface area contributed by atoms with Crippen LogP contribution in [0.5, 0.6) is 0 Å². The van der Waals surface area contributed by atoms with Gasteiger partial charge in [-0.3, -0.25) is 0 Å². The van der Waals surface area contributed by atoms with Crippen molar-refractivity contribution < 1.29 is 0 Å². The highest BCUT2D eigenvalue weighted by atomic mass is 35.5. The number of nitrogens with zero attached hydrogens (tertiary/aromatic N) is 1. The Balaban J connectivity index is 2.16. The predicted octanol–water partition coefficient (Wildman–Crippen LogP) is 3.43. The second-order valence-corrected chi connectivity index (χ2v) is 5.26. The summed E-state index contributed by atoms with van der Waals surface area (Å²) in [5.74, 6) is 0.814. The van der Waals surface area contributed by atoms with Gasteiger partial charge in [0.1, 0.15) is 0 Å². The standard InChI is InChI=1S/C14H21ClN2/c1-2-11-4-3-7-17(10-11)14-6-5-12(9-16)8-13(14)15/h5-6,8,11H,2-4,7,9-10,16H2,1H3. The Morgan fingerprint density at radius 3 is 2.94 bits per heavy atom. The van der Waals surface area contributed by atoms with E-state index in [0.29, 0.717) is 6.54 Å². The molecule has 1 fully saturated rings. The first-order valence-electron chi connectivity index (χ1n) is 6.48. The number of piperidine rings is 1. The molecule has 1 unspecified atom stereocenters. The van der Waals surface area contributed by atoms with E-state index in [1.807, 2.05) is 6.07 Å². The minimum Gasteiger partial charge on any atom is -0.370 e. The Bertz CT molecular complexity index is 378. The van der Waals surface area contributed by atoms with E-state index >= 15 is 0 Å². The fraction of sp³-hybridized carbons (Fsp3) is 0.571. The van der Waals surface area contributed by atoms with Crippen molar-refractivity contribution in [3.8, 4) is 0 Å². The Labute approximate surface area is 109 Å². The van der Waals surface area contributed by atoms with E-state index < -0.39 is 0 Å². The second kappa shape index (κ2) is 5.74. The molecule has 0 amide bonds. The molecule has 2 nitrogen and oxygen atoms in total. The van der Waals surface area contributed by atoms with Crippen LogP contribution in [0.15, 0.2) is 18.2 Å². The third kappa shape index (κ3) is 2.93. The normalized spacial score (nSPS) is 20.6. The van der Waals surface area contributed by atoms with Gasteiger partial charge in [0.05, 0.1) is 10.7 Å². The van der Waals surface area contributed by atoms with Crippen LogP contribution >= 0.6 is 11.6 Å². The summed E-state index contributed by atoms with van der Waals surface area (Å²) in [7, 11) is 0. The minimum atomic E-state index is 0.553. The van der Waals surface area contributed by atoms with E-state index in [4.69, 9.17) is 17.3 Å². The van der Waals surface area contributed by atoms with Crippen molar-refractivity contribution in [3.63, 3.8) is 0 Å². The lowest BCUT2D eigenvalue weighted by atomic mass is 9.95. The summed E-state index contributed by atoms with van der Waals surface area (Å²) in [5.41, 5.74) is 7.89. The van der Waals surface area contributed by atoms with E-state index in [1.165, 1.54) is 24.9 Å². The number of halogens is 1. The fourth-order valence-corrected chi connectivity index (χ4v) is 2.87. The maximum Gasteiger partial charge on any atom is 0.0642 e. The van der Waals surface area contributed by atoms with Crippen molar-refractivity contribution in [1.29, 1.82) is 0 Å². The lowest BCUT2D eigenvalue weighted by Crippen LogP contribution is -2.35. The predicted molar refractivity (Wildman–Crippen MR) is 74.6 cm³/mol. The van der Waals surface area contributed by atoms with Crippen LogP contribution < -0.4 is 10.6 Å². The molecule has 0 saturated carbocycles. The van der Waals surface area contributed by atoms with E-state index in [2.05, 4.69) is 24.0 Å². The van der Waals surface area contributed by atoms with E-state index in [1.54, 1.807) is 0 Å². The molecule has 0 bridgehead atoms. The van der Waals surface area contributed by atoms with Crippen LogP contribution in [-0.4, -0.2) is 13.1 Å². The van der Waals surface area contributed by atoms with Gasteiger partial charge in [-0.05, 0) is 36.5 Å². The Morgan fingerprint density at radius 2 is 2.29 bits per heavy atom. The third-order valence-corrected chi connectivity index (χ3v) is 3.99. The van der Waals surface area contributed by atoms with Crippen molar-refractivity contribution in [3.05, 3.63) is 28.8 Å². The Kier molecular flexibility index (Phi) is 4.30. The SMILES string of the molecule is CCC1CCCN(c2ccc(CN)cc2Cl)C1. The molecule has 3 heteroatoms. The molecule has 2 N–H and O–H groups in total. The van der Waals surface area contributed by atoms with Crippen LogP contribution in [0.3, 0.4) is 0 Å². The molecule has 1 aliphatic heterocycles. The van der Waals surface area contributed by atoms with Crippen LogP contribution in [0.1, 0.15) is 31.7 Å². The van der Waals surface area contributed by atoms with Gasteiger partial charge in [0.15, 0.2) is 0 Å². The van der Waals surface area contributed by atoms with Crippen molar-refractivity contribution in [2.75, 3.05) is 18.0 Å². The molecule has 1 heterocycles. The molecule has 1 aliphatic rings. The smallest absolute Gasteiger partial charge is 0.0642 e. The van der Waals surface area contributed by atoms with E-state index in [-0.39, 0.29) is 0 Å². The summed E-state index contributed by atoms with van der Waals surface area (Å²) in [4.78, 5) is 2.42. The first kappa shape index (κ1) is 12.7. The van der Waals surface area contributed by atoms with Gasteiger partial charge < -0.3 is 10.6 Å². The number of anilines is 1. The number of hydrogen-bond acceptors (Lipinski definition) is 2. The molecule has 1 saturated heterocycles. The lowest BCUT2D eigenvalue weighted by Gasteiger charge is -2.34. The summed E-state index contributed by atoms with van der Waals surface area (Å²) in [6, 6.07) is 6.19. The zero-order valence-corrected chi connectivity index (χ0v) is 11.2. The first-order chi connectivity index (χ1) is 8.24. The molecule has 1 aromatic carbocycles. The summed E-state index contributed by atoms with van der Waals surface area (Å²) in [6.07, 6.45) is 3.88. The van der Waals surface area contributed by atoms with Gasteiger partial charge in [0, 0.05) is 19.6 Å². The zero-order valence-electron chi connectivity index (χ0n) is 10.5. The molecule has 0 aliphatic carbocycles. The van der Waals surface area contributed by atoms with Gasteiger partial charge in [-0.25, -0.2) is 0 Å². The molecule has 0 spiro atoms. The van der Waals surface area contributed by atoms with Crippen LogP contribution in [0.2, 0.25) is 5.02 Å². The van der Waals surface area contributed by atoms with Crippen molar-refractivity contribution in [2.24, 2.45) is 11.7 Å². The Morgan fingerprint density at radius 1 is 1.47 bits per heavy atom. The summed E-state index contributed by atoms with van der Waals surface area (Å²) in [5, 5.41) is 0.838. The number of nitrogens with two attached hydrogens (primary N) is 1. The maximum absolute atomic E-state index is 6.34. The van der Waals surface area contributed by atoms with Crippen LogP contribution in [-0.2, 0) is 6.54 Å². The highest BCUT2D eigenvalue weighted by molar-refractivity contribution is 6.33. The van der Waals surface area contributed by atoms with Gasteiger partial charge >= 0.3 is 0 Å². The summed E-state index contributed by atoms with van der Waals surface area (Å²) >= 11 is 6.34. The maximum atomic E-state index is 6.34. The highest BCUT2D eigenvalue weighted by Crippen LogP contribution is 2.31. The average molecular weight is 253 g/mol. The molecule has 0 aromatic heterocycles. The van der Waals surface area contributed by atoms with Gasteiger partial charge in [-0.15, -0.1) is 0 Å². The van der Waals surface area contributed by atoms with E-state index in [9.17, 15) is 0 Å². The lowest BCUT2D eigenvalue weighted by molar-refractivity contribution is 0.405. The minimum absolute atomic E-state index is 0.553. The molecular formula is C14H21ClN2. The van der Waals surface area contributed by atoms with Gasteiger partial charge in [-0.1, -0.05) is 31.0 Å². The topological polar surface area (TPSA) is 29.3 Å². The van der Waals surface area contributed by atoms with Crippen molar-refractivity contribution in [2.45, 2.75) is 32.7 Å². The number of hydrogen-bond donors (Lipinski definition) is 1. The average Bonchev–Trinajstić information content (AvgIpc) is 2.38. The quantitative estimate of drug-likeness (QED) is 0.893. The van der Waals surface area contributed by atoms with Gasteiger partial charge in [0.2, 0.25) is 0 Å². The monoisotopic (exact) mass is 252 g/mol. The first-order valence-corrected chi connectivity index (χ1v) is 6.85. The van der Waals surface area contributed by atoms with Crippen LogP contribution in [0.4, 0.5) is 5.69 Å². The molecule has 1 aromatic rings. The van der Waals surface area contributed by atoms with Crippen molar-refractivity contribution in [1.82, 2.24) is 0 Å². The van der Waals surface area contributed by atoms with Crippen LogP contribution in [0, 0.1) is 5.92 Å². The summed E-state index contributed by atoms with van der Waals surface area (Å²) < 4.78 is 0. The molecule has 17 heavy (non-hydrogen) atoms. The molecule has 2 rings (SSSR count). The van der Waals surface area contributed by atoms with Crippen LogP contribution in [0.25, 0.3) is 0 Å². The van der Waals surface area contributed by atoms with Crippen molar-refractivity contribution >= 4 is 17.3 Å². The summed E-state index contributed by atoms with van der Waals surface area (Å²) in [6.45, 7) is 5.08. The fourth-order valence-electron chi connectivity index (χ4n) is 2.55. The van der Waals surface area contributed by atoms with Gasteiger partial charge in [0.25, 0.3) is 0 Å². The molecule has 1 atom stereocenters. The zero-order chi connectivity index (χ0) is 12.3. The van der Waals surface area contributed by atoms with Gasteiger partial charge in [-0.2, -0.15) is 0 Å². The van der Waals surface area contributed by atoms with E-state index in [0.717, 1.165) is 29.6 Å². The number of rotatable bonds is 3. The second-order valence-electron chi connectivity index (χ2n) is 4.85. The molecule has 94 valence electrons. The largest absolute Gasteiger partial charge is 0.370 e. The Hall–Kier alpha value is -0.730. The number of benzene rings is 1. The highest BCUT2D eigenvalue weighted by Gasteiger charge is 2.20. The third-order valence-electron chi connectivity index (χ3n) is 3.68.